The Balaban J connectivity index is 1.27. The Hall–Kier alpha value is -5.05. The van der Waals surface area contributed by atoms with Crippen LogP contribution >= 0.6 is 0 Å². The van der Waals surface area contributed by atoms with E-state index in [4.69, 9.17) is 18.9 Å². The number of carbonyl (C=O) groups is 4. The van der Waals surface area contributed by atoms with Crippen molar-refractivity contribution < 1.29 is 42.5 Å². The monoisotopic (exact) mass is 572 g/mol. The van der Waals surface area contributed by atoms with Gasteiger partial charge < -0.3 is 18.9 Å². The fraction of sp³-hybridized carbons (Fsp3) is 0.212. The lowest BCUT2D eigenvalue weighted by molar-refractivity contribution is -0.150. The van der Waals surface area contributed by atoms with Gasteiger partial charge in [0.1, 0.15) is 23.4 Å². The van der Waals surface area contributed by atoms with Crippen LogP contribution in [-0.4, -0.2) is 30.0 Å². The Labute approximate surface area is 242 Å². The van der Waals surface area contributed by atoms with Crippen LogP contribution in [0.5, 0.6) is 17.2 Å². The van der Waals surface area contributed by atoms with Crippen molar-refractivity contribution in [3.05, 3.63) is 103 Å². The molecule has 1 aliphatic rings. The minimum absolute atomic E-state index is 0.0208. The molecule has 1 saturated carbocycles. The Kier molecular flexibility index (Phi) is 9.99. The van der Waals surface area contributed by atoms with E-state index in [2.05, 4.69) is 13.2 Å². The molecule has 0 aromatic heterocycles. The molecule has 1 aliphatic carbocycles. The molecule has 4 rings (SSSR count). The second-order valence-corrected chi connectivity index (χ2v) is 9.68. The summed E-state index contributed by atoms with van der Waals surface area (Å²) in [5.74, 6) is -3.59. The van der Waals surface area contributed by atoms with Crippen LogP contribution in [0.4, 0.5) is 4.39 Å². The SMILES string of the molecule is C=C(F)C(=O)Oc1ccc(C(=O)Oc2ccc(-c3ccc(OC(=O)C(=C)CC(=O)OC4CCCCC4)cc3)cc2)cc1. The van der Waals surface area contributed by atoms with Crippen molar-refractivity contribution in [1.29, 1.82) is 0 Å². The zero-order valence-electron chi connectivity index (χ0n) is 22.8. The van der Waals surface area contributed by atoms with Crippen molar-refractivity contribution in [2.75, 3.05) is 0 Å². The minimum Gasteiger partial charge on any atom is -0.462 e. The number of hydrogen-bond acceptors (Lipinski definition) is 8. The molecule has 8 nitrogen and oxygen atoms in total. The summed E-state index contributed by atoms with van der Waals surface area (Å²) in [7, 11) is 0. The van der Waals surface area contributed by atoms with Gasteiger partial charge in [0.05, 0.1) is 12.0 Å². The molecular formula is C33H29FO8. The molecular weight excluding hydrogens is 543 g/mol. The first-order valence-electron chi connectivity index (χ1n) is 13.4. The molecule has 3 aromatic carbocycles. The highest BCUT2D eigenvalue weighted by Crippen LogP contribution is 2.26. The third-order valence-electron chi connectivity index (χ3n) is 6.48. The molecule has 1 fully saturated rings. The number of halogens is 1. The first kappa shape index (κ1) is 29.9. The second kappa shape index (κ2) is 14.0. The van der Waals surface area contributed by atoms with E-state index < -0.39 is 29.7 Å². The van der Waals surface area contributed by atoms with Gasteiger partial charge in [0.2, 0.25) is 5.83 Å². The average molecular weight is 573 g/mol. The standard InChI is InChI=1S/C33H29FO8/c1-21(20-30(35)39-26-6-4-3-5-7-26)31(36)40-27-14-8-23(9-15-27)24-10-16-29(17-11-24)42-33(38)25-12-18-28(19-13-25)41-32(37)22(2)34/h8-19,26H,1-7,20H2. The van der Waals surface area contributed by atoms with Gasteiger partial charge in [-0.2, -0.15) is 4.39 Å². The summed E-state index contributed by atoms with van der Waals surface area (Å²) in [6.45, 7) is 6.53. The highest BCUT2D eigenvalue weighted by atomic mass is 19.1. The highest BCUT2D eigenvalue weighted by molar-refractivity contribution is 5.94. The van der Waals surface area contributed by atoms with Crippen LogP contribution < -0.4 is 14.2 Å². The van der Waals surface area contributed by atoms with Gasteiger partial charge in [0.25, 0.3) is 0 Å². The van der Waals surface area contributed by atoms with Crippen LogP contribution in [0.2, 0.25) is 0 Å². The summed E-state index contributed by atoms with van der Waals surface area (Å²) >= 11 is 0. The molecule has 0 N–H and O–H groups in total. The van der Waals surface area contributed by atoms with Crippen molar-refractivity contribution in [1.82, 2.24) is 0 Å². The van der Waals surface area contributed by atoms with Crippen LogP contribution in [-0.2, 0) is 19.1 Å². The molecule has 0 bridgehead atoms. The number of ether oxygens (including phenoxy) is 4. The van der Waals surface area contributed by atoms with Crippen molar-refractivity contribution >= 4 is 23.9 Å². The van der Waals surface area contributed by atoms with Crippen LogP contribution in [0.1, 0.15) is 48.9 Å². The lowest BCUT2D eigenvalue weighted by Crippen LogP contribution is -2.22. The van der Waals surface area contributed by atoms with Crippen LogP contribution in [0.3, 0.4) is 0 Å². The maximum Gasteiger partial charge on any atom is 0.371 e. The Morgan fingerprint density at radius 1 is 0.667 bits per heavy atom. The van der Waals surface area contributed by atoms with E-state index in [1.807, 2.05) is 0 Å². The first-order chi connectivity index (χ1) is 20.2. The van der Waals surface area contributed by atoms with Gasteiger partial charge in [-0.05, 0) is 85.3 Å². The molecule has 0 radical (unpaired) electrons. The molecule has 9 heteroatoms. The van der Waals surface area contributed by atoms with E-state index >= 15 is 0 Å². The Morgan fingerprint density at radius 3 is 1.67 bits per heavy atom. The molecule has 0 aliphatic heterocycles. The summed E-state index contributed by atoms with van der Waals surface area (Å²) in [5.41, 5.74) is 1.87. The van der Waals surface area contributed by atoms with Gasteiger partial charge in [-0.25, -0.2) is 14.4 Å². The smallest absolute Gasteiger partial charge is 0.371 e. The number of hydrogen-bond donors (Lipinski definition) is 0. The van der Waals surface area contributed by atoms with Gasteiger partial charge in [0.15, 0.2) is 0 Å². The van der Waals surface area contributed by atoms with Gasteiger partial charge >= 0.3 is 23.9 Å². The quantitative estimate of drug-likeness (QED) is 0.150. The Bertz CT molecular complexity index is 1470. The number of rotatable bonds is 10. The van der Waals surface area contributed by atoms with Crippen LogP contribution in [0.25, 0.3) is 11.1 Å². The largest absolute Gasteiger partial charge is 0.462 e. The summed E-state index contributed by atoms with van der Waals surface area (Å²) in [4.78, 5) is 48.3. The molecule has 0 amide bonds. The summed E-state index contributed by atoms with van der Waals surface area (Å²) < 4.78 is 33.7. The number of benzene rings is 3. The maximum atomic E-state index is 12.8. The predicted molar refractivity (Wildman–Crippen MR) is 152 cm³/mol. The van der Waals surface area contributed by atoms with Crippen molar-refractivity contribution in [3.63, 3.8) is 0 Å². The van der Waals surface area contributed by atoms with E-state index in [1.165, 1.54) is 24.3 Å². The third kappa shape index (κ3) is 8.47. The highest BCUT2D eigenvalue weighted by Gasteiger charge is 2.21. The zero-order chi connectivity index (χ0) is 30.1. The molecule has 0 spiro atoms. The van der Waals surface area contributed by atoms with Gasteiger partial charge in [-0.3, -0.25) is 4.79 Å². The van der Waals surface area contributed by atoms with Crippen LogP contribution in [0.15, 0.2) is 97.4 Å². The predicted octanol–water partition coefficient (Wildman–Crippen LogP) is 6.69. The van der Waals surface area contributed by atoms with E-state index in [9.17, 15) is 23.6 Å². The van der Waals surface area contributed by atoms with E-state index in [1.54, 1.807) is 48.5 Å². The first-order valence-corrected chi connectivity index (χ1v) is 13.4. The van der Waals surface area contributed by atoms with Crippen molar-refractivity contribution in [2.45, 2.75) is 44.6 Å². The summed E-state index contributed by atoms with van der Waals surface area (Å²) in [6.07, 6.45) is 4.60. The summed E-state index contributed by atoms with van der Waals surface area (Å²) in [5, 5.41) is 0. The third-order valence-corrected chi connectivity index (χ3v) is 6.48. The molecule has 42 heavy (non-hydrogen) atoms. The lowest BCUT2D eigenvalue weighted by Gasteiger charge is -2.21. The minimum atomic E-state index is -1.23. The fourth-order valence-corrected chi connectivity index (χ4v) is 4.25. The van der Waals surface area contributed by atoms with E-state index in [0.717, 1.165) is 43.2 Å². The average Bonchev–Trinajstić information content (AvgIpc) is 2.98. The van der Waals surface area contributed by atoms with Gasteiger partial charge in [-0.15, -0.1) is 0 Å². The van der Waals surface area contributed by atoms with Gasteiger partial charge in [0, 0.05) is 5.57 Å². The molecule has 0 atom stereocenters. The molecule has 3 aromatic rings. The number of esters is 4. The molecule has 216 valence electrons. The molecule has 0 heterocycles. The zero-order valence-corrected chi connectivity index (χ0v) is 22.8. The van der Waals surface area contributed by atoms with Crippen LogP contribution in [0, 0.1) is 0 Å². The fourth-order valence-electron chi connectivity index (χ4n) is 4.25. The summed E-state index contributed by atoms with van der Waals surface area (Å²) in [6, 6.07) is 19.0. The second-order valence-electron chi connectivity index (χ2n) is 9.68. The molecule has 0 saturated heterocycles. The van der Waals surface area contributed by atoms with E-state index in [-0.39, 0.29) is 29.4 Å². The number of carbonyl (C=O) groups excluding carboxylic acids is 4. The Morgan fingerprint density at radius 2 is 1.14 bits per heavy atom. The molecule has 0 unspecified atom stereocenters. The maximum absolute atomic E-state index is 12.8. The van der Waals surface area contributed by atoms with E-state index in [0.29, 0.717) is 11.5 Å². The topological polar surface area (TPSA) is 105 Å². The normalized spacial score (nSPS) is 13.0. The lowest BCUT2D eigenvalue weighted by atomic mass is 9.98. The van der Waals surface area contributed by atoms with Gasteiger partial charge in [-0.1, -0.05) is 43.8 Å². The van der Waals surface area contributed by atoms with Crippen molar-refractivity contribution in [3.8, 4) is 28.4 Å². The van der Waals surface area contributed by atoms with Crippen molar-refractivity contribution in [2.24, 2.45) is 0 Å².